The fraction of sp³-hybridized carbons (Fsp3) is 0.857. The molecule has 3 fully saturated rings. The Hall–Kier alpha value is -1.59. The number of rotatable bonds is 4. The molecule has 3 aliphatic heterocycles. The third-order valence-electron chi connectivity index (χ3n) is 6.64. The summed E-state index contributed by atoms with van der Waals surface area (Å²) in [5, 5.41) is 0. The number of hydrogen-bond acceptors (Lipinski definition) is 6. The number of aromatic nitrogens is 3. The lowest BCUT2D eigenvalue weighted by atomic mass is 9.87. The van der Waals surface area contributed by atoms with E-state index >= 15 is 0 Å². The predicted molar refractivity (Wildman–Crippen MR) is 112 cm³/mol. The standard InChI is InChI=1S/C21H36N6/c1-17(2)18-9-15-27(16-10-18)21-23-19(25-11-5-3-6-12-25)22-20(24-21)26-13-7-4-8-14-26/h17-18H,3-16H2,1-2H3. The minimum Gasteiger partial charge on any atom is -0.341 e. The van der Waals surface area contributed by atoms with Gasteiger partial charge in [0.2, 0.25) is 17.8 Å². The van der Waals surface area contributed by atoms with Crippen molar-refractivity contribution in [2.75, 3.05) is 54.0 Å². The molecular formula is C21H36N6. The summed E-state index contributed by atoms with van der Waals surface area (Å²) in [4.78, 5) is 22.0. The van der Waals surface area contributed by atoms with Gasteiger partial charge in [0.15, 0.2) is 0 Å². The summed E-state index contributed by atoms with van der Waals surface area (Å²) in [6.07, 6.45) is 10.2. The van der Waals surface area contributed by atoms with Crippen LogP contribution in [0.3, 0.4) is 0 Å². The molecule has 27 heavy (non-hydrogen) atoms. The molecule has 0 unspecified atom stereocenters. The van der Waals surface area contributed by atoms with Gasteiger partial charge in [-0.3, -0.25) is 0 Å². The van der Waals surface area contributed by atoms with Crippen molar-refractivity contribution in [1.29, 1.82) is 0 Å². The molecule has 0 aliphatic carbocycles. The van der Waals surface area contributed by atoms with Crippen molar-refractivity contribution >= 4 is 17.8 Å². The zero-order valence-corrected chi connectivity index (χ0v) is 17.2. The molecular weight excluding hydrogens is 336 g/mol. The van der Waals surface area contributed by atoms with Crippen LogP contribution in [0.25, 0.3) is 0 Å². The van der Waals surface area contributed by atoms with Gasteiger partial charge in [-0.2, -0.15) is 15.0 Å². The van der Waals surface area contributed by atoms with Gasteiger partial charge in [0.05, 0.1) is 0 Å². The first-order valence-electron chi connectivity index (χ1n) is 11.2. The lowest BCUT2D eigenvalue weighted by Gasteiger charge is -2.35. The maximum Gasteiger partial charge on any atom is 0.231 e. The summed E-state index contributed by atoms with van der Waals surface area (Å²) in [6, 6.07) is 0. The summed E-state index contributed by atoms with van der Waals surface area (Å²) in [5.74, 6) is 4.34. The molecule has 0 amide bonds. The van der Waals surface area contributed by atoms with Crippen molar-refractivity contribution in [2.45, 2.75) is 65.2 Å². The normalized spacial score (nSPS) is 22.6. The van der Waals surface area contributed by atoms with Gasteiger partial charge in [-0.15, -0.1) is 0 Å². The molecule has 3 saturated heterocycles. The largest absolute Gasteiger partial charge is 0.341 e. The van der Waals surface area contributed by atoms with E-state index in [2.05, 4.69) is 28.5 Å². The number of nitrogens with zero attached hydrogens (tertiary/aromatic N) is 6. The highest BCUT2D eigenvalue weighted by molar-refractivity contribution is 5.47. The van der Waals surface area contributed by atoms with Crippen molar-refractivity contribution in [2.24, 2.45) is 11.8 Å². The maximum atomic E-state index is 4.95. The van der Waals surface area contributed by atoms with Crippen LogP contribution in [0, 0.1) is 11.8 Å². The van der Waals surface area contributed by atoms with Crippen LogP contribution in [0.15, 0.2) is 0 Å². The lowest BCUT2D eigenvalue weighted by Crippen LogP contribution is -2.39. The Morgan fingerprint density at radius 1 is 0.593 bits per heavy atom. The highest BCUT2D eigenvalue weighted by Gasteiger charge is 2.26. The monoisotopic (exact) mass is 372 g/mol. The summed E-state index contributed by atoms with van der Waals surface area (Å²) < 4.78 is 0. The minimum atomic E-state index is 0.776. The van der Waals surface area contributed by atoms with Crippen molar-refractivity contribution < 1.29 is 0 Å². The SMILES string of the molecule is CC(C)C1CCN(c2nc(N3CCCCC3)nc(N3CCCCC3)n2)CC1. The maximum absolute atomic E-state index is 4.95. The molecule has 0 atom stereocenters. The summed E-state index contributed by atoms with van der Waals surface area (Å²) in [7, 11) is 0. The van der Waals surface area contributed by atoms with Crippen LogP contribution >= 0.6 is 0 Å². The van der Waals surface area contributed by atoms with Crippen LogP contribution in [0.4, 0.5) is 17.8 Å². The van der Waals surface area contributed by atoms with E-state index in [1.54, 1.807) is 0 Å². The average Bonchev–Trinajstić information content (AvgIpc) is 2.75. The number of hydrogen-bond donors (Lipinski definition) is 0. The molecule has 3 aliphatic rings. The molecule has 0 saturated carbocycles. The van der Waals surface area contributed by atoms with Gasteiger partial charge in [-0.05, 0) is 63.2 Å². The van der Waals surface area contributed by atoms with Crippen LogP contribution in [0.2, 0.25) is 0 Å². The third-order valence-corrected chi connectivity index (χ3v) is 6.64. The van der Waals surface area contributed by atoms with Crippen molar-refractivity contribution in [1.82, 2.24) is 15.0 Å². The zero-order valence-electron chi connectivity index (χ0n) is 17.2. The van der Waals surface area contributed by atoms with E-state index in [1.807, 2.05) is 0 Å². The minimum absolute atomic E-state index is 0.776. The first-order valence-corrected chi connectivity index (χ1v) is 11.2. The van der Waals surface area contributed by atoms with E-state index in [0.717, 1.165) is 68.9 Å². The fourth-order valence-corrected chi connectivity index (χ4v) is 4.72. The second-order valence-electron chi connectivity index (χ2n) is 8.90. The van der Waals surface area contributed by atoms with Crippen LogP contribution in [-0.2, 0) is 0 Å². The second kappa shape index (κ2) is 8.61. The lowest BCUT2D eigenvalue weighted by molar-refractivity contribution is 0.310. The fourth-order valence-electron chi connectivity index (χ4n) is 4.72. The van der Waals surface area contributed by atoms with Gasteiger partial charge in [0.25, 0.3) is 0 Å². The van der Waals surface area contributed by atoms with Crippen molar-refractivity contribution in [3.63, 3.8) is 0 Å². The quantitative estimate of drug-likeness (QED) is 0.803. The van der Waals surface area contributed by atoms with Crippen LogP contribution in [0.1, 0.15) is 65.2 Å². The molecule has 6 nitrogen and oxygen atoms in total. The second-order valence-corrected chi connectivity index (χ2v) is 8.90. The molecule has 0 aromatic carbocycles. The zero-order chi connectivity index (χ0) is 18.6. The molecule has 150 valence electrons. The topological polar surface area (TPSA) is 48.4 Å². The molecule has 1 aromatic heterocycles. The molecule has 0 spiro atoms. The van der Waals surface area contributed by atoms with E-state index < -0.39 is 0 Å². The predicted octanol–water partition coefficient (Wildman–Crippen LogP) is 3.72. The van der Waals surface area contributed by atoms with Gasteiger partial charge in [-0.1, -0.05) is 13.8 Å². The molecule has 1 aromatic rings. The molecule has 0 N–H and O–H groups in total. The molecule has 0 radical (unpaired) electrons. The Kier molecular flexibility index (Phi) is 5.98. The van der Waals surface area contributed by atoms with Crippen LogP contribution in [0.5, 0.6) is 0 Å². The van der Waals surface area contributed by atoms with Gasteiger partial charge in [0, 0.05) is 39.3 Å². The van der Waals surface area contributed by atoms with Crippen molar-refractivity contribution in [3.05, 3.63) is 0 Å². The Morgan fingerprint density at radius 2 is 0.963 bits per heavy atom. The Labute approximate surface area is 164 Å². The molecule has 4 rings (SSSR count). The summed E-state index contributed by atoms with van der Waals surface area (Å²) in [6.45, 7) is 11.2. The van der Waals surface area contributed by atoms with Gasteiger partial charge >= 0.3 is 0 Å². The van der Waals surface area contributed by atoms with E-state index in [0.29, 0.717) is 0 Å². The van der Waals surface area contributed by atoms with Gasteiger partial charge in [-0.25, -0.2) is 0 Å². The van der Waals surface area contributed by atoms with Gasteiger partial charge in [0.1, 0.15) is 0 Å². The van der Waals surface area contributed by atoms with Crippen molar-refractivity contribution in [3.8, 4) is 0 Å². The highest BCUT2D eigenvalue weighted by atomic mass is 15.4. The van der Waals surface area contributed by atoms with E-state index in [4.69, 9.17) is 15.0 Å². The van der Waals surface area contributed by atoms with E-state index in [9.17, 15) is 0 Å². The molecule has 6 heteroatoms. The Bertz CT molecular complexity index is 562. The van der Waals surface area contributed by atoms with E-state index in [1.165, 1.54) is 51.4 Å². The van der Waals surface area contributed by atoms with Crippen LogP contribution in [-0.4, -0.2) is 54.2 Å². The Balaban J connectivity index is 1.57. The smallest absolute Gasteiger partial charge is 0.231 e. The molecule has 4 heterocycles. The summed E-state index contributed by atoms with van der Waals surface area (Å²) >= 11 is 0. The summed E-state index contributed by atoms with van der Waals surface area (Å²) in [5.41, 5.74) is 0. The third kappa shape index (κ3) is 4.46. The number of piperidine rings is 3. The van der Waals surface area contributed by atoms with Crippen LogP contribution < -0.4 is 14.7 Å². The first-order chi connectivity index (χ1) is 13.2. The highest BCUT2D eigenvalue weighted by Crippen LogP contribution is 2.29. The molecule has 0 bridgehead atoms. The first kappa shape index (κ1) is 18.8. The Morgan fingerprint density at radius 3 is 1.33 bits per heavy atom. The van der Waals surface area contributed by atoms with E-state index in [-0.39, 0.29) is 0 Å². The number of anilines is 3. The van der Waals surface area contributed by atoms with Gasteiger partial charge < -0.3 is 14.7 Å². The average molecular weight is 373 g/mol.